The normalized spacial score (nSPS) is 22.8. The van der Waals surface area contributed by atoms with Crippen LogP contribution in [0.4, 0.5) is 10.1 Å². The minimum absolute atomic E-state index is 0.0519. The van der Waals surface area contributed by atoms with Crippen LogP contribution in [0.2, 0.25) is 0 Å². The highest BCUT2D eigenvalue weighted by atomic mass is 19.1. The van der Waals surface area contributed by atoms with Gasteiger partial charge in [-0.15, -0.1) is 0 Å². The monoisotopic (exact) mass is 333 g/mol. The molecule has 0 radical (unpaired) electrons. The Balaban J connectivity index is 1.60. The number of halogens is 1. The molecule has 2 saturated heterocycles. The van der Waals surface area contributed by atoms with E-state index < -0.39 is 0 Å². The molecular formula is C18H24FN3O2. The van der Waals surface area contributed by atoms with E-state index in [2.05, 4.69) is 9.80 Å². The van der Waals surface area contributed by atoms with Gasteiger partial charge in [0.25, 0.3) is 0 Å². The molecule has 2 amide bonds. The van der Waals surface area contributed by atoms with Crippen LogP contribution in [-0.4, -0.2) is 60.4 Å². The van der Waals surface area contributed by atoms with Crippen LogP contribution in [-0.2, 0) is 9.59 Å². The van der Waals surface area contributed by atoms with Crippen LogP contribution in [0.15, 0.2) is 24.3 Å². The lowest BCUT2D eigenvalue weighted by molar-refractivity contribution is -0.140. The second-order valence-corrected chi connectivity index (χ2v) is 6.96. The number of hydrogen-bond acceptors (Lipinski definition) is 4. The highest BCUT2D eigenvalue weighted by Crippen LogP contribution is 2.23. The maximum absolute atomic E-state index is 13.0. The van der Waals surface area contributed by atoms with E-state index in [4.69, 9.17) is 0 Å². The molecule has 1 aromatic carbocycles. The molecule has 0 aromatic heterocycles. The van der Waals surface area contributed by atoms with Crippen molar-refractivity contribution in [2.75, 3.05) is 37.6 Å². The summed E-state index contributed by atoms with van der Waals surface area (Å²) in [6, 6.07) is 6.17. The summed E-state index contributed by atoms with van der Waals surface area (Å²) >= 11 is 0. The topological polar surface area (TPSA) is 43.9 Å². The molecule has 5 nitrogen and oxygen atoms in total. The Kier molecular flexibility index (Phi) is 4.85. The number of likely N-dealkylation sites (tertiary alicyclic amines) is 1. The summed E-state index contributed by atoms with van der Waals surface area (Å²) in [4.78, 5) is 30.4. The summed E-state index contributed by atoms with van der Waals surface area (Å²) in [6.07, 6.45) is 0.294. The van der Waals surface area contributed by atoms with Gasteiger partial charge in [-0.1, -0.05) is 13.8 Å². The quantitative estimate of drug-likeness (QED) is 0.787. The molecule has 3 rings (SSSR count). The van der Waals surface area contributed by atoms with Gasteiger partial charge in [-0.05, 0) is 30.2 Å². The van der Waals surface area contributed by atoms with Crippen molar-refractivity contribution in [1.82, 2.24) is 9.80 Å². The molecule has 6 heteroatoms. The first-order valence-electron chi connectivity index (χ1n) is 8.54. The van der Waals surface area contributed by atoms with Gasteiger partial charge >= 0.3 is 0 Å². The molecule has 1 atom stereocenters. The van der Waals surface area contributed by atoms with Crippen LogP contribution in [0.25, 0.3) is 0 Å². The Labute approximate surface area is 142 Å². The number of anilines is 1. The lowest BCUT2D eigenvalue weighted by Crippen LogP contribution is -2.52. The van der Waals surface area contributed by atoms with Crippen LogP contribution >= 0.6 is 0 Å². The van der Waals surface area contributed by atoms with E-state index in [1.807, 2.05) is 13.8 Å². The molecule has 1 aromatic rings. The van der Waals surface area contributed by atoms with Gasteiger partial charge in [0.05, 0.1) is 12.5 Å². The van der Waals surface area contributed by atoms with E-state index in [0.29, 0.717) is 13.0 Å². The molecule has 2 fully saturated rings. The number of nitrogens with zero attached hydrogens (tertiary/aromatic N) is 3. The third-order valence-electron chi connectivity index (χ3n) is 4.71. The van der Waals surface area contributed by atoms with Gasteiger partial charge in [-0.2, -0.15) is 0 Å². The predicted molar refractivity (Wildman–Crippen MR) is 90.1 cm³/mol. The van der Waals surface area contributed by atoms with Crippen LogP contribution in [0.3, 0.4) is 0 Å². The van der Waals surface area contributed by atoms with Crippen LogP contribution in [0.5, 0.6) is 0 Å². The molecule has 2 aliphatic heterocycles. The molecule has 2 heterocycles. The third-order valence-corrected chi connectivity index (χ3v) is 4.71. The van der Waals surface area contributed by atoms with Gasteiger partial charge in [0.1, 0.15) is 5.82 Å². The Morgan fingerprint density at radius 1 is 1.08 bits per heavy atom. The van der Waals surface area contributed by atoms with E-state index in [0.717, 1.165) is 31.9 Å². The van der Waals surface area contributed by atoms with E-state index in [1.54, 1.807) is 12.1 Å². The highest BCUT2D eigenvalue weighted by Gasteiger charge is 2.42. The van der Waals surface area contributed by atoms with Gasteiger partial charge < -0.3 is 4.90 Å². The molecule has 0 bridgehead atoms. The average Bonchev–Trinajstić information content (AvgIpc) is 2.83. The number of hydrogen-bond donors (Lipinski definition) is 0. The van der Waals surface area contributed by atoms with E-state index in [1.165, 1.54) is 17.0 Å². The number of piperazine rings is 1. The fourth-order valence-corrected chi connectivity index (χ4v) is 3.45. The summed E-state index contributed by atoms with van der Waals surface area (Å²) < 4.78 is 13.0. The number of amides is 2. The van der Waals surface area contributed by atoms with Gasteiger partial charge in [0.2, 0.25) is 11.8 Å². The van der Waals surface area contributed by atoms with Gasteiger partial charge in [-0.3, -0.25) is 19.4 Å². The van der Waals surface area contributed by atoms with Crippen molar-refractivity contribution >= 4 is 17.5 Å². The first-order chi connectivity index (χ1) is 11.5. The average molecular weight is 333 g/mol. The number of carbonyl (C=O) groups is 2. The molecule has 24 heavy (non-hydrogen) atoms. The fraction of sp³-hybridized carbons (Fsp3) is 0.556. The van der Waals surface area contributed by atoms with Gasteiger partial charge in [0.15, 0.2) is 0 Å². The Morgan fingerprint density at radius 2 is 1.71 bits per heavy atom. The largest absolute Gasteiger partial charge is 0.369 e. The molecule has 0 unspecified atom stereocenters. The summed E-state index contributed by atoms with van der Waals surface area (Å²) in [5.74, 6) is -0.0618. The SMILES string of the molecule is CC(C)CN1C(=O)C[C@H](N2CCN(c3ccc(F)cc3)CC2)C1=O. The first-order valence-corrected chi connectivity index (χ1v) is 8.54. The fourth-order valence-electron chi connectivity index (χ4n) is 3.45. The highest BCUT2D eigenvalue weighted by molar-refractivity contribution is 6.05. The van der Waals surface area contributed by atoms with Gasteiger partial charge in [-0.25, -0.2) is 4.39 Å². The lowest BCUT2D eigenvalue weighted by atomic mass is 10.1. The summed E-state index contributed by atoms with van der Waals surface area (Å²) in [5, 5.41) is 0. The third kappa shape index (κ3) is 3.43. The van der Waals surface area contributed by atoms with Crippen molar-refractivity contribution in [3.05, 3.63) is 30.1 Å². The molecule has 0 spiro atoms. The van der Waals surface area contributed by atoms with Crippen LogP contribution in [0, 0.1) is 11.7 Å². The van der Waals surface area contributed by atoms with Crippen molar-refractivity contribution in [3.63, 3.8) is 0 Å². The minimum atomic E-state index is -0.313. The molecular weight excluding hydrogens is 309 g/mol. The van der Waals surface area contributed by atoms with Crippen LogP contribution in [0.1, 0.15) is 20.3 Å². The van der Waals surface area contributed by atoms with Crippen molar-refractivity contribution in [1.29, 1.82) is 0 Å². The van der Waals surface area contributed by atoms with E-state index >= 15 is 0 Å². The number of carbonyl (C=O) groups excluding carboxylic acids is 2. The zero-order valence-corrected chi connectivity index (χ0v) is 14.2. The smallest absolute Gasteiger partial charge is 0.247 e. The lowest BCUT2D eigenvalue weighted by Gasteiger charge is -2.38. The number of imide groups is 1. The molecule has 130 valence electrons. The maximum atomic E-state index is 13.0. The predicted octanol–water partition coefficient (Wildman–Crippen LogP) is 1.73. The Bertz CT molecular complexity index is 609. The Hall–Kier alpha value is -1.95. The second kappa shape index (κ2) is 6.89. The zero-order valence-electron chi connectivity index (χ0n) is 14.2. The van der Waals surface area contributed by atoms with Crippen molar-refractivity contribution in [3.8, 4) is 0 Å². The molecule has 0 aliphatic carbocycles. The molecule has 0 N–H and O–H groups in total. The maximum Gasteiger partial charge on any atom is 0.247 e. The van der Waals surface area contributed by atoms with Crippen molar-refractivity contribution in [2.24, 2.45) is 5.92 Å². The second-order valence-electron chi connectivity index (χ2n) is 6.96. The summed E-state index contributed by atoms with van der Waals surface area (Å²) in [6.45, 7) is 7.53. The van der Waals surface area contributed by atoms with Crippen molar-refractivity contribution in [2.45, 2.75) is 26.3 Å². The van der Waals surface area contributed by atoms with Crippen LogP contribution < -0.4 is 4.90 Å². The number of benzene rings is 1. The van der Waals surface area contributed by atoms with Crippen molar-refractivity contribution < 1.29 is 14.0 Å². The minimum Gasteiger partial charge on any atom is -0.369 e. The molecule has 0 saturated carbocycles. The number of rotatable bonds is 4. The zero-order chi connectivity index (χ0) is 17.3. The Morgan fingerprint density at radius 3 is 2.29 bits per heavy atom. The van der Waals surface area contributed by atoms with Gasteiger partial charge in [0, 0.05) is 38.4 Å². The first kappa shape index (κ1) is 16.9. The molecule has 2 aliphatic rings. The van der Waals surface area contributed by atoms with E-state index in [-0.39, 0.29) is 29.6 Å². The van der Waals surface area contributed by atoms with E-state index in [9.17, 15) is 14.0 Å². The summed E-state index contributed by atoms with van der Waals surface area (Å²) in [5.41, 5.74) is 0.992. The standard InChI is InChI=1S/C18H24FN3O2/c1-13(2)12-22-17(23)11-16(18(22)24)21-9-7-20(8-10-21)15-5-3-14(19)4-6-15/h3-6,13,16H,7-12H2,1-2H3/t16-/m0/s1. The summed E-state index contributed by atoms with van der Waals surface area (Å²) in [7, 11) is 0.